The molecule has 12 atom stereocenters. The van der Waals surface area contributed by atoms with Crippen molar-refractivity contribution >= 4 is 0 Å². The van der Waals surface area contributed by atoms with Crippen LogP contribution in [0.25, 0.3) is 0 Å². The zero-order valence-corrected chi connectivity index (χ0v) is 25.0. The van der Waals surface area contributed by atoms with Crippen molar-refractivity contribution in [1.82, 2.24) is 0 Å². The van der Waals surface area contributed by atoms with Gasteiger partial charge >= 0.3 is 0 Å². The van der Waals surface area contributed by atoms with Crippen LogP contribution in [0.3, 0.4) is 0 Å². The summed E-state index contributed by atoms with van der Waals surface area (Å²) >= 11 is 0. The molecule has 11 nitrogen and oxygen atoms in total. The summed E-state index contributed by atoms with van der Waals surface area (Å²) in [5.41, 5.74) is 3.83. The highest BCUT2D eigenvalue weighted by molar-refractivity contribution is 5.29. The first-order valence-corrected chi connectivity index (χ1v) is 15.2. The van der Waals surface area contributed by atoms with E-state index in [1.165, 1.54) is 16.7 Å². The molecule has 3 fully saturated rings. The molecule has 4 aliphatic rings. The van der Waals surface area contributed by atoms with Gasteiger partial charge in [-0.05, 0) is 73.8 Å². The minimum Gasteiger partial charge on any atom is -0.472 e. The third-order valence-electron chi connectivity index (χ3n) is 10.5. The number of hydrogen-bond acceptors (Lipinski definition) is 11. The molecule has 1 aromatic rings. The minimum absolute atomic E-state index is 0.0148. The summed E-state index contributed by atoms with van der Waals surface area (Å²) in [6.45, 7) is 8.19. The van der Waals surface area contributed by atoms with Crippen LogP contribution in [0.5, 0.6) is 0 Å². The molecule has 2 saturated heterocycles. The van der Waals surface area contributed by atoms with Crippen molar-refractivity contribution in [3.8, 4) is 0 Å². The van der Waals surface area contributed by atoms with E-state index in [9.17, 15) is 30.6 Å². The number of allylic oxidation sites excluding steroid dienone is 2. The predicted molar refractivity (Wildman–Crippen MR) is 149 cm³/mol. The van der Waals surface area contributed by atoms with E-state index in [4.69, 9.17) is 23.4 Å². The lowest BCUT2D eigenvalue weighted by atomic mass is 9.49. The quantitative estimate of drug-likeness (QED) is 0.240. The van der Waals surface area contributed by atoms with Crippen LogP contribution in [-0.2, 0) is 25.4 Å². The van der Waals surface area contributed by atoms with Gasteiger partial charge < -0.3 is 54.0 Å². The maximum Gasteiger partial charge on any atom is 0.187 e. The van der Waals surface area contributed by atoms with E-state index >= 15 is 0 Å². The SMILES string of the molecule is CC1=C(CCc2ccoc2)[C@@]2(C)CC[C@H](O[C@@H]3O[C@H](CO)[C@@H](O)[C@H](O)[C@H]3O[C@H]3OC[C@H](O)[C@H](O)[C@@H]3O)C(C)(C)[C@H]2CC1. The molecule has 0 spiro atoms. The summed E-state index contributed by atoms with van der Waals surface area (Å²) in [6.07, 6.45) is -3.70. The van der Waals surface area contributed by atoms with Crippen LogP contribution < -0.4 is 0 Å². The summed E-state index contributed by atoms with van der Waals surface area (Å²) < 4.78 is 29.1. The second-order valence-corrected chi connectivity index (χ2v) is 13.4. The van der Waals surface area contributed by atoms with E-state index in [0.29, 0.717) is 12.3 Å². The van der Waals surface area contributed by atoms with Crippen molar-refractivity contribution in [2.45, 2.75) is 128 Å². The Labute approximate surface area is 247 Å². The number of furan rings is 1. The molecule has 2 aliphatic carbocycles. The number of fused-ring (bicyclic) bond motifs is 1. The topological polar surface area (TPSA) is 171 Å². The van der Waals surface area contributed by atoms with Crippen molar-refractivity contribution < 1.29 is 54.0 Å². The number of ether oxygens (including phenoxy) is 4. The van der Waals surface area contributed by atoms with Gasteiger partial charge in [-0.25, -0.2) is 0 Å². The average molecular weight is 597 g/mol. The van der Waals surface area contributed by atoms with Crippen LogP contribution in [-0.4, -0.2) is 105 Å². The molecule has 2 aliphatic heterocycles. The van der Waals surface area contributed by atoms with Crippen LogP contribution in [0.1, 0.15) is 65.4 Å². The Kier molecular flexibility index (Phi) is 9.57. The van der Waals surface area contributed by atoms with Crippen LogP contribution in [0.4, 0.5) is 0 Å². The van der Waals surface area contributed by atoms with Crippen molar-refractivity contribution in [2.75, 3.05) is 13.2 Å². The molecule has 0 aromatic carbocycles. The lowest BCUT2D eigenvalue weighted by molar-refractivity contribution is -0.368. The van der Waals surface area contributed by atoms with Crippen molar-refractivity contribution in [3.63, 3.8) is 0 Å². The molecule has 0 unspecified atom stereocenters. The monoisotopic (exact) mass is 596 g/mol. The van der Waals surface area contributed by atoms with Crippen molar-refractivity contribution in [2.24, 2.45) is 16.7 Å². The molecule has 6 N–H and O–H groups in total. The zero-order valence-electron chi connectivity index (χ0n) is 25.0. The van der Waals surface area contributed by atoms with Crippen LogP contribution in [0.2, 0.25) is 0 Å². The summed E-state index contributed by atoms with van der Waals surface area (Å²) in [6, 6.07) is 2.01. The molecule has 238 valence electrons. The van der Waals surface area contributed by atoms with E-state index in [2.05, 4.69) is 27.7 Å². The van der Waals surface area contributed by atoms with Gasteiger partial charge in [0.2, 0.25) is 0 Å². The van der Waals surface area contributed by atoms with Gasteiger partial charge in [0, 0.05) is 0 Å². The molecule has 1 saturated carbocycles. The lowest BCUT2D eigenvalue weighted by Crippen LogP contribution is -2.64. The fourth-order valence-electron chi connectivity index (χ4n) is 8.05. The highest BCUT2D eigenvalue weighted by Gasteiger charge is 2.57. The van der Waals surface area contributed by atoms with Gasteiger partial charge in [-0.15, -0.1) is 0 Å². The maximum atomic E-state index is 11.0. The Hall–Kier alpha value is -1.38. The summed E-state index contributed by atoms with van der Waals surface area (Å²) in [5.74, 6) is 0.305. The van der Waals surface area contributed by atoms with Gasteiger partial charge in [0.15, 0.2) is 12.6 Å². The second kappa shape index (κ2) is 12.5. The molecular weight excluding hydrogens is 548 g/mol. The third kappa shape index (κ3) is 5.85. The number of aliphatic hydroxyl groups excluding tert-OH is 6. The molecule has 1 aromatic heterocycles. The molecule has 42 heavy (non-hydrogen) atoms. The van der Waals surface area contributed by atoms with Crippen LogP contribution in [0.15, 0.2) is 34.2 Å². The Morgan fingerprint density at radius 3 is 2.38 bits per heavy atom. The van der Waals surface area contributed by atoms with E-state index in [0.717, 1.165) is 32.1 Å². The first kappa shape index (κ1) is 32.0. The second-order valence-electron chi connectivity index (χ2n) is 13.4. The van der Waals surface area contributed by atoms with Crippen molar-refractivity contribution in [1.29, 1.82) is 0 Å². The molecular formula is C31H48O11. The first-order chi connectivity index (χ1) is 19.9. The van der Waals surface area contributed by atoms with E-state index in [1.807, 2.05) is 6.07 Å². The molecule has 0 radical (unpaired) electrons. The fourth-order valence-corrected chi connectivity index (χ4v) is 8.05. The van der Waals surface area contributed by atoms with Crippen LogP contribution >= 0.6 is 0 Å². The molecule has 11 heteroatoms. The van der Waals surface area contributed by atoms with Gasteiger partial charge in [0.1, 0.15) is 42.7 Å². The highest BCUT2D eigenvalue weighted by atomic mass is 16.8. The number of aryl methyl sites for hydroxylation is 1. The van der Waals surface area contributed by atoms with E-state index in [1.54, 1.807) is 12.5 Å². The number of rotatable bonds is 8. The third-order valence-corrected chi connectivity index (χ3v) is 10.5. The van der Waals surface area contributed by atoms with Gasteiger partial charge in [0.25, 0.3) is 0 Å². The molecule has 3 heterocycles. The number of hydrogen-bond donors (Lipinski definition) is 6. The summed E-state index contributed by atoms with van der Waals surface area (Å²) in [7, 11) is 0. The lowest BCUT2D eigenvalue weighted by Gasteiger charge is -2.58. The predicted octanol–water partition coefficient (Wildman–Crippen LogP) is 1.41. The molecule has 0 amide bonds. The smallest absolute Gasteiger partial charge is 0.187 e. The van der Waals surface area contributed by atoms with Gasteiger partial charge in [-0.1, -0.05) is 31.9 Å². The fraction of sp³-hybridized carbons (Fsp3) is 0.806. The average Bonchev–Trinajstić information content (AvgIpc) is 3.47. The van der Waals surface area contributed by atoms with Gasteiger partial charge in [-0.3, -0.25) is 0 Å². The summed E-state index contributed by atoms with van der Waals surface area (Å²) in [5, 5.41) is 61.9. The van der Waals surface area contributed by atoms with E-state index in [-0.39, 0.29) is 23.5 Å². The normalized spacial score (nSPS) is 44.2. The van der Waals surface area contributed by atoms with E-state index < -0.39 is 61.9 Å². The Morgan fingerprint density at radius 1 is 0.929 bits per heavy atom. The number of aliphatic hydroxyl groups is 6. The Bertz CT molecular complexity index is 1070. The Balaban J connectivity index is 1.35. The maximum absolute atomic E-state index is 11.0. The van der Waals surface area contributed by atoms with Gasteiger partial charge in [-0.2, -0.15) is 0 Å². The minimum atomic E-state index is -1.60. The van der Waals surface area contributed by atoms with Crippen molar-refractivity contribution in [3.05, 3.63) is 35.3 Å². The largest absolute Gasteiger partial charge is 0.472 e. The Morgan fingerprint density at radius 2 is 1.69 bits per heavy atom. The zero-order chi connectivity index (χ0) is 30.4. The summed E-state index contributed by atoms with van der Waals surface area (Å²) in [4.78, 5) is 0. The van der Waals surface area contributed by atoms with Gasteiger partial charge in [0.05, 0.1) is 31.8 Å². The highest BCUT2D eigenvalue weighted by Crippen LogP contribution is 2.61. The first-order valence-electron chi connectivity index (χ1n) is 15.2. The van der Waals surface area contributed by atoms with Crippen LogP contribution in [0, 0.1) is 16.7 Å². The standard InChI is InChI=1S/C31H48O11/c1-16-5-8-21-30(2,3)22(9-11-31(21,4)18(16)7-6-17-10-12-38-14-17)41-29-27(25(36)24(35)20(13-32)40-29)42-28-26(37)23(34)19(33)15-39-28/h10,12,14,19-29,32-37H,5-9,11,13,15H2,1-4H3/t19-,20+,21+,22-,23-,24+,25-,26-,27+,28+,29-,31+/m0/s1. The molecule has 0 bridgehead atoms. The molecule has 5 rings (SSSR count).